The summed E-state index contributed by atoms with van der Waals surface area (Å²) in [6.07, 6.45) is 2.97. The number of carbonyl (C=O) groups is 1. The molecule has 2 atom stereocenters. The van der Waals surface area contributed by atoms with Crippen molar-refractivity contribution in [2.45, 2.75) is 38.8 Å². The normalized spacial score (nSPS) is 15.0. The summed E-state index contributed by atoms with van der Waals surface area (Å²) in [7, 11) is 1.84. The van der Waals surface area contributed by atoms with Crippen molar-refractivity contribution in [1.29, 1.82) is 0 Å². The second-order valence-electron chi connectivity index (χ2n) is 4.06. The Balaban J connectivity index is 2.58. The van der Waals surface area contributed by atoms with Gasteiger partial charge in [-0.25, -0.2) is 0 Å². The van der Waals surface area contributed by atoms with Crippen LogP contribution in [-0.2, 0) is 11.2 Å². The molecular formula is C12H19NO3. The molecule has 0 spiro atoms. The molecule has 4 heteroatoms. The van der Waals surface area contributed by atoms with E-state index in [0.29, 0.717) is 6.42 Å². The summed E-state index contributed by atoms with van der Waals surface area (Å²) < 4.78 is 5.25. The van der Waals surface area contributed by atoms with E-state index in [0.717, 1.165) is 12.2 Å². The average Bonchev–Trinajstić information content (AvgIpc) is 2.70. The number of aliphatic carboxylic acids is 1. The molecule has 2 unspecified atom stereocenters. The molecule has 0 radical (unpaired) electrons. The number of likely N-dealkylation sites (N-methyl/N-ethyl adjacent to an activating group) is 1. The third-order valence-electron chi connectivity index (χ3n) is 2.94. The molecule has 0 bridgehead atoms. The monoisotopic (exact) mass is 225 g/mol. The van der Waals surface area contributed by atoms with E-state index in [1.54, 1.807) is 6.26 Å². The van der Waals surface area contributed by atoms with Gasteiger partial charge in [0.05, 0.1) is 6.26 Å². The number of furan rings is 1. The third kappa shape index (κ3) is 3.10. The van der Waals surface area contributed by atoms with Crippen LogP contribution in [0.1, 0.15) is 26.0 Å². The number of rotatable bonds is 6. The molecule has 1 N–H and O–H groups in total. The number of hydrogen-bond acceptors (Lipinski definition) is 3. The highest BCUT2D eigenvalue weighted by Crippen LogP contribution is 2.12. The molecule has 90 valence electrons. The van der Waals surface area contributed by atoms with Gasteiger partial charge < -0.3 is 9.52 Å². The minimum absolute atomic E-state index is 0.146. The van der Waals surface area contributed by atoms with Crippen LogP contribution in [-0.4, -0.2) is 35.1 Å². The van der Waals surface area contributed by atoms with Crippen molar-refractivity contribution in [1.82, 2.24) is 4.90 Å². The van der Waals surface area contributed by atoms with Crippen molar-refractivity contribution in [2.75, 3.05) is 7.05 Å². The van der Waals surface area contributed by atoms with Crippen LogP contribution in [0.4, 0.5) is 0 Å². The first-order valence-electron chi connectivity index (χ1n) is 5.53. The first-order valence-corrected chi connectivity index (χ1v) is 5.53. The van der Waals surface area contributed by atoms with Gasteiger partial charge in [-0.15, -0.1) is 0 Å². The van der Waals surface area contributed by atoms with Gasteiger partial charge in [-0.05, 0) is 32.5 Å². The zero-order valence-corrected chi connectivity index (χ0v) is 10.0. The van der Waals surface area contributed by atoms with E-state index >= 15 is 0 Å². The van der Waals surface area contributed by atoms with Gasteiger partial charge >= 0.3 is 5.97 Å². The molecule has 0 aliphatic rings. The van der Waals surface area contributed by atoms with Crippen molar-refractivity contribution in [3.8, 4) is 0 Å². The highest BCUT2D eigenvalue weighted by atomic mass is 16.4. The third-order valence-corrected chi connectivity index (χ3v) is 2.94. The van der Waals surface area contributed by atoms with Gasteiger partial charge in [0, 0.05) is 12.5 Å². The van der Waals surface area contributed by atoms with Crippen LogP contribution in [0.15, 0.2) is 22.8 Å². The average molecular weight is 225 g/mol. The minimum atomic E-state index is -0.767. The molecule has 1 aromatic heterocycles. The predicted molar refractivity (Wildman–Crippen MR) is 61.4 cm³/mol. The summed E-state index contributed by atoms with van der Waals surface area (Å²) in [6.45, 7) is 3.89. The second-order valence-corrected chi connectivity index (χ2v) is 4.06. The zero-order chi connectivity index (χ0) is 12.1. The van der Waals surface area contributed by atoms with Crippen LogP contribution >= 0.6 is 0 Å². The maximum Gasteiger partial charge on any atom is 0.320 e. The topological polar surface area (TPSA) is 53.7 Å². The fraction of sp³-hybridized carbons (Fsp3) is 0.583. The fourth-order valence-corrected chi connectivity index (χ4v) is 1.81. The molecule has 0 aromatic carbocycles. The summed E-state index contributed by atoms with van der Waals surface area (Å²) in [4.78, 5) is 12.9. The Hall–Kier alpha value is -1.29. The minimum Gasteiger partial charge on any atom is -0.480 e. The summed E-state index contributed by atoms with van der Waals surface area (Å²) >= 11 is 0. The quantitative estimate of drug-likeness (QED) is 0.804. The summed E-state index contributed by atoms with van der Waals surface area (Å²) in [5.74, 6) is 0.121. The molecule has 0 saturated heterocycles. The van der Waals surface area contributed by atoms with E-state index in [1.807, 2.05) is 37.9 Å². The van der Waals surface area contributed by atoms with Crippen molar-refractivity contribution in [3.63, 3.8) is 0 Å². The van der Waals surface area contributed by atoms with Crippen LogP contribution < -0.4 is 0 Å². The SMILES string of the molecule is CCC(C(=O)O)N(C)C(C)Cc1ccco1. The van der Waals surface area contributed by atoms with E-state index in [-0.39, 0.29) is 6.04 Å². The molecule has 0 aliphatic heterocycles. The molecular weight excluding hydrogens is 206 g/mol. The molecule has 4 nitrogen and oxygen atoms in total. The fourth-order valence-electron chi connectivity index (χ4n) is 1.81. The van der Waals surface area contributed by atoms with Gasteiger partial charge in [0.2, 0.25) is 0 Å². The maximum absolute atomic E-state index is 11.0. The number of carboxylic acids is 1. The first kappa shape index (κ1) is 12.8. The molecule has 0 fully saturated rings. The van der Waals surface area contributed by atoms with E-state index in [9.17, 15) is 4.79 Å². The molecule has 1 aromatic rings. The van der Waals surface area contributed by atoms with E-state index in [4.69, 9.17) is 9.52 Å². The van der Waals surface area contributed by atoms with E-state index in [2.05, 4.69) is 0 Å². The highest BCUT2D eigenvalue weighted by molar-refractivity contribution is 5.73. The van der Waals surface area contributed by atoms with E-state index in [1.165, 1.54) is 0 Å². The molecule has 1 heterocycles. The Labute approximate surface area is 95.9 Å². The van der Waals surface area contributed by atoms with Gasteiger partial charge in [-0.3, -0.25) is 9.69 Å². The largest absolute Gasteiger partial charge is 0.480 e. The lowest BCUT2D eigenvalue weighted by Crippen LogP contribution is -2.44. The maximum atomic E-state index is 11.0. The smallest absolute Gasteiger partial charge is 0.320 e. The number of hydrogen-bond donors (Lipinski definition) is 1. The Bertz CT molecular complexity index is 321. The number of nitrogens with zero attached hydrogens (tertiary/aromatic N) is 1. The predicted octanol–water partition coefficient (Wildman–Crippen LogP) is 2.01. The first-order chi connectivity index (χ1) is 7.56. The number of carboxylic acid groups (broad SMARTS) is 1. The molecule has 0 aliphatic carbocycles. The van der Waals surface area contributed by atoms with Gasteiger partial charge in [0.25, 0.3) is 0 Å². The summed E-state index contributed by atoms with van der Waals surface area (Å²) in [6, 6.07) is 3.47. The van der Waals surface area contributed by atoms with Crippen molar-refractivity contribution >= 4 is 5.97 Å². The van der Waals surface area contributed by atoms with Crippen LogP contribution in [0.2, 0.25) is 0 Å². The standard InChI is InChI=1S/C12H19NO3/c1-4-11(12(14)15)13(3)9(2)8-10-6-5-7-16-10/h5-7,9,11H,4,8H2,1-3H3,(H,14,15). The van der Waals surface area contributed by atoms with Crippen LogP contribution in [0.25, 0.3) is 0 Å². The zero-order valence-electron chi connectivity index (χ0n) is 10.0. The van der Waals surface area contributed by atoms with Crippen molar-refractivity contribution in [2.24, 2.45) is 0 Å². The Morgan fingerprint density at radius 2 is 2.31 bits per heavy atom. The van der Waals surface area contributed by atoms with Gasteiger partial charge in [-0.1, -0.05) is 6.92 Å². The lowest BCUT2D eigenvalue weighted by Gasteiger charge is -2.29. The molecule has 16 heavy (non-hydrogen) atoms. The molecule has 0 amide bonds. The van der Waals surface area contributed by atoms with Gasteiger partial charge in [0.1, 0.15) is 11.8 Å². The lowest BCUT2D eigenvalue weighted by atomic mass is 10.1. The summed E-state index contributed by atoms with van der Waals surface area (Å²) in [5, 5.41) is 9.05. The highest BCUT2D eigenvalue weighted by Gasteiger charge is 2.24. The van der Waals surface area contributed by atoms with Gasteiger partial charge in [-0.2, -0.15) is 0 Å². The Kier molecular flexibility index (Phi) is 4.55. The van der Waals surface area contributed by atoms with Gasteiger partial charge in [0.15, 0.2) is 0 Å². The van der Waals surface area contributed by atoms with Crippen LogP contribution in [0.3, 0.4) is 0 Å². The lowest BCUT2D eigenvalue weighted by molar-refractivity contribution is -0.143. The molecule has 1 rings (SSSR count). The Morgan fingerprint density at radius 1 is 1.62 bits per heavy atom. The van der Waals surface area contributed by atoms with Crippen molar-refractivity contribution in [3.05, 3.63) is 24.2 Å². The second kappa shape index (κ2) is 5.70. The van der Waals surface area contributed by atoms with Crippen LogP contribution in [0.5, 0.6) is 0 Å². The Morgan fingerprint density at radius 3 is 2.75 bits per heavy atom. The molecule has 0 saturated carbocycles. The summed E-state index contributed by atoms with van der Waals surface area (Å²) in [5.41, 5.74) is 0. The van der Waals surface area contributed by atoms with Crippen molar-refractivity contribution < 1.29 is 14.3 Å². The van der Waals surface area contributed by atoms with E-state index < -0.39 is 12.0 Å². The van der Waals surface area contributed by atoms with Crippen LogP contribution in [0, 0.1) is 0 Å².